The second kappa shape index (κ2) is 5.67. The van der Waals surface area contributed by atoms with Gasteiger partial charge in [-0.2, -0.15) is 0 Å². The minimum Gasteiger partial charge on any atom is -0.490 e. The van der Waals surface area contributed by atoms with Crippen molar-refractivity contribution in [1.82, 2.24) is 0 Å². The van der Waals surface area contributed by atoms with Crippen LogP contribution < -0.4 is 19.9 Å². The highest BCUT2D eigenvalue weighted by molar-refractivity contribution is 5.52. The molecule has 19 heavy (non-hydrogen) atoms. The second-order valence-corrected chi connectivity index (χ2v) is 4.80. The van der Waals surface area contributed by atoms with Crippen LogP contribution in [-0.2, 0) is 11.2 Å². The van der Waals surface area contributed by atoms with Crippen molar-refractivity contribution >= 4 is 0 Å². The normalized spacial score (nSPS) is 20.8. The Hall–Kier alpha value is -1.46. The van der Waals surface area contributed by atoms with Gasteiger partial charge in [-0.05, 0) is 37.4 Å². The Kier molecular flexibility index (Phi) is 3.75. The molecule has 0 radical (unpaired) electrons. The molecule has 5 nitrogen and oxygen atoms in total. The van der Waals surface area contributed by atoms with Crippen LogP contribution in [0.15, 0.2) is 12.1 Å². The van der Waals surface area contributed by atoms with E-state index < -0.39 is 0 Å². The number of benzene rings is 1. The van der Waals surface area contributed by atoms with Crippen LogP contribution in [0.3, 0.4) is 0 Å². The number of nitrogens with two attached hydrogens (primary N) is 1. The first-order chi connectivity index (χ1) is 9.36. The van der Waals surface area contributed by atoms with Crippen LogP contribution in [0.5, 0.6) is 17.2 Å². The fourth-order valence-corrected chi connectivity index (χ4v) is 2.41. The molecule has 1 unspecified atom stereocenters. The molecular weight excluding hydrogens is 246 g/mol. The third-order valence-electron chi connectivity index (χ3n) is 3.42. The second-order valence-electron chi connectivity index (χ2n) is 4.80. The lowest BCUT2D eigenvalue weighted by Crippen LogP contribution is -2.17. The van der Waals surface area contributed by atoms with Crippen molar-refractivity contribution in [3.05, 3.63) is 17.7 Å². The van der Waals surface area contributed by atoms with Crippen LogP contribution >= 0.6 is 0 Å². The molecular formula is C14H19NO4. The molecule has 3 rings (SSSR count). The van der Waals surface area contributed by atoms with E-state index in [2.05, 4.69) is 0 Å². The summed E-state index contributed by atoms with van der Waals surface area (Å²) in [5, 5.41) is 0. The molecule has 2 aliphatic heterocycles. The van der Waals surface area contributed by atoms with Crippen molar-refractivity contribution in [2.75, 3.05) is 26.6 Å². The largest absolute Gasteiger partial charge is 0.490 e. The molecule has 1 fully saturated rings. The maximum absolute atomic E-state index is 5.88. The predicted molar refractivity (Wildman–Crippen MR) is 69.8 cm³/mol. The van der Waals surface area contributed by atoms with Crippen molar-refractivity contribution in [2.45, 2.75) is 25.4 Å². The van der Waals surface area contributed by atoms with Crippen LogP contribution in [0.1, 0.15) is 18.4 Å². The first kappa shape index (κ1) is 12.6. The van der Waals surface area contributed by atoms with E-state index in [1.807, 2.05) is 12.1 Å². The predicted octanol–water partition coefficient (Wildman–Crippen LogP) is 1.47. The first-order valence-corrected chi connectivity index (χ1v) is 6.74. The van der Waals surface area contributed by atoms with Gasteiger partial charge in [-0.15, -0.1) is 0 Å². The minimum atomic E-state index is 0.205. The van der Waals surface area contributed by atoms with Gasteiger partial charge in [-0.1, -0.05) is 0 Å². The molecule has 0 spiro atoms. The summed E-state index contributed by atoms with van der Waals surface area (Å²) < 4.78 is 22.2. The van der Waals surface area contributed by atoms with E-state index in [9.17, 15) is 0 Å². The van der Waals surface area contributed by atoms with E-state index in [1.165, 1.54) is 0 Å². The third kappa shape index (κ3) is 2.77. The number of hydrogen-bond acceptors (Lipinski definition) is 5. The Morgan fingerprint density at radius 1 is 1.26 bits per heavy atom. The molecule has 1 saturated heterocycles. The molecule has 5 heteroatoms. The minimum absolute atomic E-state index is 0.205. The van der Waals surface area contributed by atoms with Crippen LogP contribution in [0.25, 0.3) is 0 Å². The average molecular weight is 265 g/mol. The fraction of sp³-hybridized carbons (Fsp3) is 0.571. The smallest absolute Gasteiger partial charge is 0.231 e. The zero-order valence-corrected chi connectivity index (χ0v) is 10.9. The Morgan fingerprint density at radius 2 is 2.11 bits per heavy atom. The summed E-state index contributed by atoms with van der Waals surface area (Å²) in [7, 11) is 0. The standard InChI is InChI=1S/C14H19NO4/c15-4-3-10-6-13-14(19-9-18-13)7-12(10)17-8-11-2-1-5-16-11/h6-7,11H,1-5,8-9,15H2. The van der Waals surface area contributed by atoms with Gasteiger partial charge >= 0.3 is 0 Å². The van der Waals surface area contributed by atoms with Crippen LogP contribution in [0.4, 0.5) is 0 Å². The number of fused-ring (bicyclic) bond motifs is 1. The van der Waals surface area contributed by atoms with Crippen molar-refractivity contribution < 1.29 is 18.9 Å². The van der Waals surface area contributed by atoms with E-state index in [-0.39, 0.29) is 12.9 Å². The molecule has 0 amide bonds. The molecule has 1 aromatic rings. The Labute approximate surface area is 112 Å². The molecule has 0 bridgehead atoms. The Balaban J connectivity index is 1.73. The summed E-state index contributed by atoms with van der Waals surface area (Å²) in [6.45, 7) is 2.27. The molecule has 0 saturated carbocycles. The zero-order valence-electron chi connectivity index (χ0n) is 10.9. The van der Waals surface area contributed by atoms with E-state index in [0.717, 1.165) is 48.7 Å². The van der Waals surface area contributed by atoms with Gasteiger partial charge in [-0.25, -0.2) is 0 Å². The monoisotopic (exact) mass is 265 g/mol. The van der Waals surface area contributed by atoms with E-state index in [1.54, 1.807) is 0 Å². The lowest BCUT2D eigenvalue weighted by molar-refractivity contribution is 0.0675. The van der Waals surface area contributed by atoms with Crippen LogP contribution in [0, 0.1) is 0 Å². The summed E-state index contributed by atoms with van der Waals surface area (Å²) in [5.74, 6) is 2.33. The van der Waals surface area contributed by atoms with E-state index >= 15 is 0 Å². The summed E-state index contributed by atoms with van der Waals surface area (Å²) in [5.41, 5.74) is 6.70. The highest BCUT2D eigenvalue weighted by Crippen LogP contribution is 2.38. The van der Waals surface area contributed by atoms with Gasteiger partial charge in [0.1, 0.15) is 12.4 Å². The van der Waals surface area contributed by atoms with Crippen LogP contribution in [-0.4, -0.2) is 32.7 Å². The van der Waals surface area contributed by atoms with Gasteiger partial charge < -0.3 is 24.7 Å². The Bertz CT molecular complexity index is 443. The highest BCUT2D eigenvalue weighted by atomic mass is 16.7. The number of rotatable bonds is 5. The van der Waals surface area contributed by atoms with Crippen molar-refractivity contribution in [3.8, 4) is 17.2 Å². The SMILES string of the molecule is NCCc1cc2c(cc1OCC1CCCO1)OCO2. The summed E-state index contributed by atoms with van der Waals surface area (Å²) >= 11 is 0. The molecule has 0 aliphatic carbocycles. The summed E-state index contributed by atoms with van der Waals surface area (Å²) in [6.07, 6.45) is 3.15. The summed E-state index contributed by atoms with van der Waals surface area (Å²) in [4.78, 5) is 0. The lowest BCUT2D eigenvalue weighted by Gasteiger charge is -2.15. The molecule has 2 aliphatic rings. The first-order valence-electron chi connectivity index (χ1n) is 6.74. The van der Waals surface area contributed by atoms with Crippen molar-refractivity contribution in [3.63, 3.8) is 0 Å². The highest BCUT2D eigenvalue weighted by Gasteiger charge is 2.20. The molecule has 2 N–H and O–H groups in total. The van der Waals surface area contributed by atoms with Crippen molar-refractivity contribution in [1.29, 1.82) is 0 Å². The fourth-order valence-electron chi connectivity index (χ4n) is 2.41. The van der Waals surface area contributed by atoms with Gasteiger partial charge in [0, 0.05) is 12.7 Å². The quantitative estimate of drug-likeness (QED) is 0.873. The van der Waals surface area contributed by atoms with Crippen LogP contribution in [0.2, 0.25) is 0 Å². The van der Waals surface area contributed by atoms with Gasteiger partial charge in [-0.3, -0.25) is 0 Å². The van der Waals surface area contributed by atoms with E-state index in [4.69, 9.17) is 24.7 Å². The molecule has 2 heterocycles. The van der Waals surface area contributed by atoms with Crippen molar-refractivity contribution in [2.24, 2.45) is 5.73 Å². The maximum atomic E-state index is 5.88. The maximum Gasteiger partial charge on any atom is 0.231 e. The zero-order chi connectivity index (χ0) is 13.1. The molecule has 1 atom stereocenters. The Morgan fingerprint density at radius 3 is 2.84 bits per heavy atom. The lowest BCUT2D eigenvalue weighted by atomic mass is 10.1. The summed E-state index contributed by atoms with van der Waals surface area (Å²) in [6, 6.07) is 3.85. The molecule has 104 valence electrons. The van der Waals surface area contributed by atoms with Gasteiger partial charge in [0.25, 0.3) is 0 Å². The van der Waals surface area contributed by atoms with Gasteiger partial charge in [0.15, 0.2) is 11.5 Å². The third-order valence-corrected chi connectivity index (χ3v) is 3.42. The molecule has 0 aromatic heterocycles. The van der Waals surface area contributed by atoms with Gasteiger partial charge in [0.05, 0.1) is 6.10 Å². The molecule has 1 aromatic carbocycles. The number of hydrogen-bond donors (Lipinski definition) is 1. The average Bonchev–Trinajstić information content (AvgIpc) is 3.07. The number of ether oxygens (including phenoxy) is 4. The topological polar surface area (TPSA) is 62.9 Å². The van der Waals surface area contributed by atoms with Gasteiger partial charge in [0.2, 0.25) is 6.79 Å². The van der Waals surface area contributed by atoms with E-state index in [0.29, 0.717) is 13.2 Å².